The van der Waals surface area contributed by atoms with E-state index in [1.165, 1.54) is 0 Å². The van der Waals surface area contributed by atoms with E-state index in [-0.39, 0.29) is 13.0 Å². The molecule has 1 atom stereocenters. The molecule has 130 valence electrons. The molecule has 0 saturated heterocycles. The monoisotopic (exact) mass is 328 g/mol. The van der Waals surface area contributed by atoms with Crippen molar-refractivity contribution in [2.75, 3.05) is 6.61 Å². The van der Waals surface area contributed by atoms with Crippen molar-refractivity contribution < 1.29 is 33.4 Å². The van der Waals surface area contributed by atoms with Crippen molar-refractivity contribution in [3.05, 3.63) is 12.2 Å². The van der Waals surface area contributed by atoms with Gasteiger partial charge in [-0.2, -0.15) is 0 Å². The highest BCUT2D eigenvalue weighted by atomic mass is 16.6. The Labute approximate surface area is 136 Å². The summed E-state index contributed by atoms with van der Waals surface area (Å²) in [5, 5.41) is 0. The van der Waals surface area contributed by atoms with E-state index >= 15 is 0 Å². The minimum atomic E-state index is -1.20. The quantitative estimate of drug-likeness (QED) is 0.305. The van der Waals surface area contributed by atoms with E-state index in [4.69, 9.17) is 9.47 Å². The summed E-state index contributed by atoms with van der Waals surface area (Å²) in [6.45, 7) is 8.40. The Hall–Kier alpha value is -2.18. The molecule has 0 radical (unpaired) electrons. The molecule has 0 aromatic carbocycles. The van der Waals surface area contributed by atoms with Gasteiger partial charge in [0.05, 0.1) is 12.0 Å². The van der Waals surface area contributed by atoms with Crippen molar-refractivity contribution in [2.24, 2.45) is 5.41 Å². The average Bonchev–Trinajstić information content (AvgIpc) is 2.43. The maximum Gasteiger partial charge on any atom is 0.355 e. The van der Waals surface area contributed by atoms with Crippen LogP contribution in [0.4, 0.5) is 0 Å². The molecule has 0 aliphatic rings. The number of esters is 4. The summed E-state index contributed by atoms with van der Waals surface area (Å²) < 4.78 is 14.3. The van der Waals surface area contributed by atoms with Gasteiger partial charge in [0.2, 0.25) is 0 Å². The van der Waals surface area contributed by atoms with Crippen LogP contribution in [-0.4, -0.2) is 36.6 Å². The van der Waals surface area contributed by atoms with Crippen molar-refractivity contribution in [1.29, 1.82) is 0 Å². The van der Waals surface area contributed by atoms with Crippen molar-refractivity contribution in [3.63, 3.8) is 0 Å². The molecule has 0 bridgehead atoms. The molecule has 0 spiro atoms. The Bertz CT molecular complexity index is 471. The van der Waals surface area contributed by atoms with Crippen LogP contribution in [0.1, 0.15) is 47.5 Å². The summed E-state index contributed by atoms with van der Waals surface area (Å²) in [5.41, 5.74) is -0.847. The van der Waals surface area contributed by atoms with Gasteiger partial charge in [-0.25, -0.2) is 14.4 Å². The lowest BCUT2D eigenvalue weighted by atomic mass is 9.97. The van der Waals surface area contributed by atoms with Crippen molar-refractivity contribution in [2.45, 2.75) is 53.6 Å². The number of carbonyl (C=O) groups excluding carboxylic acids is 4. The lowest BCUT2D eigenvalue weighted by Gasteiger charge is -2.19. The summed E-state index contributed by atoms with van der Waals surface area (Å²) in [4.78, 5) is 46.3. The SMILES string of the molecule is CCCC(OC(=O)/C=C/C(=O)OCC)C(=O)OC(=O)C(C)(C)C. The normalized spacial score (nSPS) is 12.6. The first-order valence-electron chi connectivity index (χ1n) is 7.43. The molecule has 0 aromatic heterocycles. The maximum atomic E-state index is 11.9. The third-order valence-corrected chi connectivity index (χ3v) is 2.52. The van der Waals surface area contributed by atoms with Crippen LogP contribution in [0, 0.1) is 5.41 Å². The molecule has 0 fully saturated rings. The van der Waals surface area contributed by atoms with Crippen LogP contribution in [0.5, 0.6) is 0 Å². The second-order valence-corrected chi connectivity index (χ2v) is 5.76. The van der Waals surface area contributed by atoms with Gasteiger partial charge >= 0.3 is 23.9 Å². The fourth-order valence-corrected chi connectivity index (χ4v) is 1.30. The Morgan fingerprint density at radius 1 is 1.00 bits per heavy atom. The van der Waals surface area contributed by atoms with Crippen LogP contribution in [0.15, 0.2) is 12.2 Å². The van der Waals surface area contributed by atoms with E-state index in [1.54, 1.807) is 34.6 Å². The Morgan fingerprint density at radius 3 is 2.04 bits per heavy atom. The highest BCUT2D eigenvalue weighted by molar-refractivity contribution is 5.94. The van der Waals surface area contributed by atoms with Gasteiger partial charge in [-0.15, -0.1) is 0 Å². The average molecular weight is 328 g/mol. The number of ether oxygens (including phenoxy) is 3. The summed E-state index contributed by atoms with van der Waals surface area (Å²) in [6, 6.07) is 0. The fourth-order valence-electron chi connectivity index (χ4n) is 1.30. The van der Waals surface area contributed by atoms with Gasteiger partial charge in [0, 0.05) is 12.2 Å². The smallest absolute Gasteiger partial charge is 0.355 e. The van der Waals surface area contributed by atoms with Gasteiger partial charge in [-0.3, -0.25) is 4.79 Å². The Balaban J connectivity index is 4.73. The number of rotatable bonds is 7. The second kappa shape index (κ2) is 9.76. The summed E-state index contributed by atoms with van der Waals surface area (Å²) in [7, 11) is 0. The Morgan fingerprint density at radius 2 is 1.57 bits per heavy atom. The molecule has 7 heteroatoms. The molecule has 23 heavy (non-hydrogen) atoms. The molecule has 7 nitrogen and oxygen atoms in total. The first kappa shape index (κ1) is 20.8. The molecule has 0 heterocycles. The summed E-state index contributed by atoms with van der Waals surface area (Å²) in [5.74, 6) is -3.22. The highest BCUT2D eigenvalue weighted by Gasteiger charge is 2.30. The molecule has 0 amide bonds. The van der Waals surface area contributed by atoms with Gasteiger partial charge in [0.1, 0.15) is 0 Å². The van der Waals surface area contributed by atoms with Crippen LogP contribution in [-0.2, 0) is 33.4 Å². The largest absolute Gasteiger partial charge is 0.463 e. The topological polar surface area (TPSA) is 96.0 Å². The third kappa shape index (κ3) is 8.75. The lowest BCUT2D eigenvalue weighted by Crippen LogP contribution is -2.34. The van der Waals surface area contributed by atoms with Gasteiger partial charge < -0.3 is 14.2 Å². The molecular formula is C16H24O7. The maximum absolute atomic E-state index is 11.9. The van der Waals surface area contributed by atoms with E-state index in [0.29, 0.717) is 6.42 Å². The summed E-state index contributed by atoms with van der Waals surface area (Å²) in [6.07, 6.45) is 1.30. The zero-order chi connectivity index (χ0) is 18.0. The van der Waals surface area contributed by atoms with E-state index in [1.807, 2.05) is 0 Å². The first-order valence-corrected chi connectivity index (χ1v) is 7.43. The van der Waals surface area contributed by atoms with Crippen LogP contribution in [0.25, 0.3) is 0 Å². The van der Waals surface area contributed by atoms with Crippen molar-refractivity contribution >= 4 is 23.9 Å². The molecule has 1 unspecified atom stereocenters. The summed E-state index contributed by atoms with van der Waals surface area (Å²) >= 11 is 0. The minimum absolute atomic E-state index is 0.178. The van der Waals surface area contributed by atoms with E-state index in [0.717, 1.165) is 12.2 Å². The van der Waals surface area contributed by atoms with Gasteiger partial charge in [-0.05, 0) is 34.1 Å². The zero-order valence-corrected chi connectivity index (χ0v) is 14.2. The molecule has 0 aromatic rings. The number of hydrogen-bond acceptors (Lipinski definition) is 7. The van der Waals surface area contributed by atoms with E-state index in [9.17, 15) is 19.2 Å². The van der Waals surface area contributed by atoms with Gasteiger partial charge in [-0.1, -0.05) is 13.3 Å². The second-order valence-electron chi connectivity index (χ2n) is 5.76. The van der Waals surface area contributed by atoms with Gasteiger partial charge in [0.15, 0.2) is 6.10 Å². The molecule has 0 aliphatic carbocycles. The van der Waals surface area contributed by atoms with Gasteiger partial charge in [0.25, 0.3) is 0 Å². The molecular weight excluding hydrogens is 304 g/mol. The van der Waals surface area contributed by atoms with Crippen LogP contribution >= 0.6 is 0 Å². The molecule has 0 N–H and O–H groups in total. The fraction of sp³-hybridized carbons (Fsp3) is 0.625. The van der Waals surface area contributed by atoms with E-state index in [2.05, 4.69) is 4.74 Å². The van der Waals surface area contributed by atoms with Crippen molar-refractivity contribution in [3.8, 4) is 0 Å². The lowest BCUT2D eigenvalue weighted by molar-refractivity contribution is -0.176. The minimum Gasteiger partial charge on any atom is -0.463 e. The Kier molecular flexibility index (Phi) is 8.83. The third-order valence-electron chi connectivity index (χ3n) is 2.52. The van der Waals surface area contributed by atoms with Crippen LogP contribution in [0.3, 0.4) is 0 Å². The van der Waals surface area contributed by atoms with Crippen molar-refractivity contribution in [1.82, 2.24) is 0 Å². The predicted molar refractivity (Wildman–Crippen MR) is 81.1 cm³/mol. The van der Waals surface area contributed by atoms with E-state index < -0.39 is 35.4 Å². The highest BCUT2D eigenvalue weighted by Crippen LogP contribution is 2.17. The predicted octanol–water partition coefficient (Wildman–Crippen LogP) is 1.93. The zero-order valence-electron chi connectivity index (χ0n) is 14.2. The van der Waals surface area contributed by atoms with Crippen LogP contribution < -0.4 is 0 Å². The number of carbonyl (C=O) groups is 4. The molecule has 0 aliphatic heterocycles. The molecule has 0 rings (SSSR count). The first-order chi connectivity index (χ1) is 10.6. The molecule has 0 saturated carbocycles. The van der Waals surface area contributed by atoms with Crippen LogP contribution in [0.2, 0.25) is 0 Å². The standard InChI is InChI=1S/C16H24O7/c1-6-8-11(14(19)23-15(20)16(3,4)5)22-13(18)10-9-12(17)21-7-2/h9-11H,6-8H2,1-5H3/b10-9+. The number of hydrogen-bond donors (Lipinski definition) is 0.